The summed E-state index contributed by atoms with van der Waals surface area (Å²) in [4.78, 5) is 10.8. The fourth-order valence-electron chi connectivity index (χ4n) is 1.30. The van der Waals surface area contributed by atoms with Crippen molar-refractivity contribution >= 4 is 5.97 Å². The predicted molar refractivity (Wildman–Crippen MR) is 43.1 cm³/mol. The standard InChI is InChI=1S/C9H16O2/c1-4-9(2,3)7-5-8(10)11-6-7/h7H,4-6H2,1-3H3. The van der Waals surface area contributed by atoms with E-state index in [4.69, 9.17) is 4.74 Å². The fraction of sp³-hybridized carbons (Fsp3) is 0.889. The first-order chi connectivity index (χ1) is 5.06. The van der Waals surface area contributed by atoms with Crippen molar-refractivity contribution in [3.8, 4) is 0 Å². The molecule has 0 spiro atoms. The molecule has 2 nitrogen and oxygen atoms in total. The number of rotatable bonds is 2. The van der Waals surface area contributed by atoms with E-state index in [1.165, 1.54) is 0 Å². The molecule has 1 unspecified atom stereocenters. The Balaban J connectivity index is 2.55. The van der Waals surface area contributed by atoms with Crippen LogP contribution in [0.2, 0.25) is 0 Å². The van der Waals surface area contributed by atoms with E-state index in [1.807, 2.05) is 0 Å². The molecule has 0 aromatic carbocycles. The largest absolute Gasteiger partial charge is 0.465 e. The molecule has 1 heterocycles. The maximum Gasteiger partial charge on any atom is 0.306 e. The number of hydrogen-bond donors (Lipinski definition) is 0. The zero-order valence-corrected chi connectivity index (χ0v) is 7.52. The second-order valence-corrected chi connectivity index (χ2v) is 3.93. The Kier molecular flexibility index (Phi) is 2.21. The maximum absolute atomic E-state index is 10.8. The smallest absolute Gasteiger partial charge is 0.306 e. The van der Waals surface area contributed by atoms with Gasteiger partial charge in [0.1, 0.15) is 0 Å². The molecular weight excluding hydrogens is 140 g/mol. The summed E-state index contributed by atoms with van der Waals surface area (Å²) in [5, 5.41) is 0. The topological polar surface area (TPSA) is 26.3 Å². The third-order valence-electron chi connectivity index (χ3n) is 2.87. The Morgan fingerprint density at radius 1 is 1.64 bits per heavy atom. The number of carbonyl (C=O) groups is 1. The third kappa shape index (κ3) is 1.73. The van der Waals surface area contributed by atoms with Crippen LogP contribution in [0.3, 0.4) is 0 Å². The van der Waals surface area contributed by atoms with Crippen LogP contribution in [0.1, 0.15) is 33.6 Å². The molecule has 1 fully saturated rings. The minimum absolute atomic E-state index is 0.0310. The summed E-state index contributed by atoms with van der Waals surface area (Å²) in [6.45, 7) is 7.17. The van der Waals surface area contributed by atoms with Crippen molar-refractivity contribution in [3.05, 3.63) is 0 Å². The Hall–Kier alpha value is -0.530. The lowest BCUT2D eigenvalue weighted by atomic mass is 9.76. The quantitative estimate of drug-likeness (QED) is 0.571. The molecule has 1 saturated heterocycles. The number of cyclic esters (lactones) is 1. The van der Waals surface area contributed by atoms with Crippen molar-refractivity contribution in [2.24, 2.45) is 11.3 Å². The average molecular weight is 156 g/mol. The van der Waals surface area contributed by atoms with E-state index in [0.29, 0.717) is 18.9 Å². The van der Waals surface area contributed by atoms with E-state index in [2.05, 4.69) is 20.8 Å². The number of esters is 1. The second kappa shape index (κ2) is 2.84. The van der Waals surface area contributed by atoms with Gasteiger partial charge >= 0.3 is 5.97 Å². The summed E-state index contributed by atoms with van der Waals surface area (Å²) < 4.78 is 4.91. The number of hydrogen-bond acceptors (Lipinski definition) is 2. The first-order valence-corrected chi connectivity index (χ1v) is 4.22. The highest BCUT2D eigenvalue weighted by atomic mass is 16.5. The van der Waals surface area contributed by atoms with Gasteiger partial charge in [0.15, 0.2) is 0 Å². The van der Waals surface area contributed by atoms with E-state index >= 15 is 0 Å². The van der Waals surface area contributed by atoms with Crippen LogP contribution in [0.25, 0.3) is 0 Å². The summed E-state index contributed by atoms with van der Waals surface area (Å²) in [5.74, 6) is 0.400. The minimum atomic E-state index is -0.0310. The second-order valence-electron chi connectivity index (χ2n) is 3.93. The monoisotopic (exact) mass is 156 g/mol. The highest BCUT2D eigenvalue weighted by molar-refractivity contribution is 5.71. The molecule has 0 bridgehead atoms. The third-order valence-corrected chi connectivity index (χ3v) is 2.87. The first-order valence-electron chi connectivity index (χ1n) is 4.22. The van der Waals surface area contributed by atoms with Gasteiger partial charge in [0.25, 0.3) is 0 Å². The van der Waals surface area contributed by atoms with Crippen molar-refractivity contribution in [1.82, 2.24) is 0 Å². The van der Waals surface area contributed by atoms with Crippen LogP contribution in [0.4, 0.5) is 0 Å². The molecule has 0 amide bonds. The zero-order chi connectivity index (χ0) is 8.48. The maximum atomic E-state index is 10.8. The molecule has 0 aliphatic carbocycles. The van der Waals surface area contributed by atoms with Gasteiger partial charge in [-0.3, -0.25) is 4.79 Å². The lowest BCUT2D eigenvalue weighted by Gasteiger charge is -2.27. The molecule has 0 aromatic rings. The Morgan fingerprint density at radius 2 is 2.27 bits per heavy atom. The highest BCUT2D eigenvalue weighted by Gasteiger charge is 2.35. The molecular formula is C9H16O2. The van der Waals surface area contributed by atoms with Crippen LogP contribution in [0.5, 0.6) is 0 Å². The summed E-state index contributed by atoms with van der Waals surface area (Å²) in [5.41, 5.74) is 0.256. The Labute approximate surface area is 67.9 Å². The molecule has 0 aromatic heterocycles. The summed E-state index contributed by atoms with van der Waals surface area (Å²) >= 11 is 0. The zero-order valence-electron chi connectivity index (χ0n) is 7.52. The summed E-state index contributed by atoms with van der Waals surface area (Å²) in [6, 6.07) is 0. The molecule has 2 heteroatoms. The van der Waals surface area contributed by atoms with Gasteiger partial charge in [0.2, 0.25) is 0 Å². The Morgan fingerprint density at radius 3 is 2.64 bits per heavy atom. The average Bonchev–Trinajstić information content (AvgIpc) is 2.36. The number of ether oxygens (including phenoxy) is 1. The SMILES string of the molecule is CCC(C)(C)C1COC(=O)C1. The molecule has 0 radical (unpaired) electrons. The molecule has 1 aliphatic rings. The van der Waals surface area contributed by atoms with Crippen LogP contribution in [0, 0.1) is 11.3 Å². The summed E-state index contributed by atoms with van der Waals surface area (Å²) in [7, 11) is 0. The van der Waals surface area contributed by atoms with Crippen LogP contribution in [0.15, 0.2) is 0 Å². The van der Waals surface area contributed by atoms with E-state index in [1.54, 1.807) is 0 Å². The van der Waals surface area contributed by atoms with E-state index < -0.39 is 0 Å². The van der Waals surface area contributed by atoms with Crippen molar-refractivity contribution in [1.29, 1.82) is 0 Å². The molecule has 0 saturated carbocycles. The van der Waals surface area contributed by atoms with E-state index in [-0.39, 0.29) is 11.4 Å². The van der Waals surface area contributed by atoms with Crippen LogP contribution in [-0.2, 0) is 9.53 Å². The lowest BCUT2D eigenvalue weighted by molar-refractivity contribution is -0.137. The molecule has 1 aliphatic heterocycles. The van der Waals surface area contributed by atoms with E-state index in [0.717, 1.165) is 6.42 Å². The fourth-order valence-corrected chi connectivity index (χ4v) is 1.30. The molecule has 1 atom stereocenters. The van der Waals surface area contributed by atoms with Gasteiger partial charge < -0.3 is 4.74 Å². The molecule has 1 rings (SSSR count). The highest BCUT2D eigenvalue weighted by Crippen LogP contribution is 2.36. The molecule has 64 valence electrons. The summed E-state index contributed by atoms with van der Waals surface area (Å²) in [6.07, 6.45) is 1.72. The predicted octanol–water partition coefficient (Wildman–Crippen LogP) is 1.99. The van der Waals surface area contributed by atoms with Gasteiger partial charge in [-0.2, -0.15) is 0 Å². The normalized spacial score (nSPS) is 25.4. The van der Waals surface area contributed by atoms with Crippen molar-refractivity contribution in [2.45, 2.75) is 33.6 Å². The van der Waals surface area contributed by atoms with E-state index in [9.17, 15) is 4.79 Å². The van der Waals surface area contributed by atoms with Gasteiger partial charge in [-0.1, -0.05) is 27.2 Å². The van der Waals surface area contributed by atoms with Crippen molar-refractivity contribution in [2.75, 3.05) is 6.61 Å². The van der Waals surface area contributed by atoms with Crippen LogP contribution >= 0.6 is 0 Å². The number of carbonyl (C=O) groups excluding carboxylic acids is 1. The van der Waals surface area contributed by atoms with Crippen molar-refractivity contribution in [3.63, 3.8) is 0 Å². The van der Waals surface area contributed by atoms with Crippen LogP contribution < -0.4 is 0 Å². The van der Waals surface area contributed by atoms with Gasteiger partial charge in [0, 0.05) is 5.92 Å². The van der Waals surface area contributed by atoms with Crippen LogP contribution in [-0.4, -0.2) is 12.6 Å². The first kappa shape index (κ1) is 8.57. The molecule has 11 heavy (non-hydrogen) atoms. The van der Waals surface area contributed by atoms with Gasteiger partial charge in [-0.25, -0.2) is 0 Å². The molecule has 0 N–H and O–H groups in total. The van der Waals surface area contributed by atoms with Gasteiger partial charge in [-0.15, -0.1) is 0 Å². The van der Waals surface area contributed by atoms with Gasteiger partial charge in [-0.05, 0) is 5.41 Å². The Bertz CT molecular complexity index is 161. The van der Waals surface area contributed by atoms with Crippen molar-refractivity contribution < 1.29 is 9.53 Å². The minimum Gasteiger partial charge on any atom is -0.465 e. The van der Waals surface area contributed by atoms with Gasteiger partial charge in [0.05, 0.1) is 13.0 Å². The lowest BCUT2D eigenvalue weighted by Crippen LogP contribution is -2.23.